The summed E-state index contributed by atoms with van der Waals surface area (Å²) in [5.74, 6) is -0.104. The average molecular weight is 732 g/mol. The van der Waals surface area contributed by atoms with Crippen molar-refractivity contribution in [2.75, 3.05) is 41.0 Å². The van der Waals surface area contributed by atoms with Crippen molar-refractivity contribution in [2.24, 2.45) is 0 Å². The molecule has 0 aliphatic carbocycles. The minimum absolute atomic E-state index is 0.199. The molecule has 1 unspecified atom stereocenters. The first kappa shape index (κ1) is 36.5. The Bertz CT molecular complexity index is 1710. The summed E-state index contributed by atoms with van der Waals surface area (Å²) < 4.78 is 37.8. The number of benzene rings is 2. The number of hydrogen-bond donors (Lipinski definition) is 1. The number of nitrogens with zero attached hydrogens (tertiary/aromatic N) is 1. The van der Waals surface area contributed by atoms with Crippen LogP contribution in [0.1, 0.15) is 56.2 Å². The molecule has 1 aliphatic rings. The largest absolute Gasteiger partial charge is 0.493 e. The van der Waals surface area contributed by atoms with E-state index < -0.39 is 29.8 Å². The van der Waals surface area contributed by atoms with Crippen LogP contribution in [0, 0.1) is 0 Å². The first-order valence-corrected chi connectivity index (χ1v) is 17.3. The van der Waals surface area contributed by atoms with Crippen LogP contribution in [0.2, 0.25) is 10.0 Å². The number of carbonyl (C=O) groups excluding carboxylic acids is 2. The number of hydrogen-bond acceptors (Lipinski definition) is 9. The molecular weight excluding hydrogens is 692 g/mol. The maximum Gasteiger partial charge on any atom is 0.348 e. The van der Waals surface area contributed by atoms with E-state index in [0.29, 0.717) is 69.0 Å². The normalized spacial score (nSPS) is 15.6. The highest BCUT2D eigenvalue weighted by Gasteiger charge is 2.36. The number of aromatic amines is 1. The lowest BCUT2D eigenvalue weighted by Crippen LogP contribution is -2.44. The number of methoxy groups -OCH3 is 2. The van der Waals surface area contributed by atoms with Gasteiger partial charge in [0.1, 0.15) is 39.3 Å². The number of alkyl halides is 1. The number of rotatable bonds is 14. The highest BCUT2D eigenvalue weighted by Crippen LogP contribution is 2.36. The van der Waals surface area contributed by atoms with Crippen LogP contribution in [0.3, 0.4) is 0 Å². The second kappa shape index (κ2) is 16.8. The van der Waals surface area contributed by atoms with Crippen LogP contribution in [-0.2, 0) is 27.2 Å². The molecule has 1 aliphatic heterocycles. The summed E-state index contributed by atoms with van der Waals surface area (Å²) in [6.07, 6.45) is 3.27. The molecule has 2 N–H and O–H groups in total. The molecule has 0 spiro atoms. The van der Waals surface area contributed by atoms with E-state index in [9.17, 15) is 9.59 Å². The average Bonchev–Trinajstić information content (AvgIpc) is 3.59. The van der Waals surface area contributed by atoms with Gasteiger partial charge in [-0.15, -0.1) is 11.3 Å². The van der Waals surface area contributed by atoms with Gasteiger partial charge in [-0.3, -0.25) is 5.32 Å². The third-order valence-electron chi connectivity index (χ3n) is 8.48. The van der Waals surface area contributed by atoms with Crippen molar-refractivity contribution in [3.8, 4) is 11.5 Å². The summed E-state index contributed by atoms with van der Waals surface area (Å²) in [5, 5.41) is 4.04. The molecule has 0 bridgehead atoms. The number of aromatic nitrogens is 1. The van der Waals surface area contributed by atoms with Gasteiger partial charge in [0.05, 0.1) is 14.2 Å². The third kappa shape index (κ3) is 9.49. The van der Waals surface area contributed by atoms with Crippen LogP contribution in [-0.4, -0.2) is 63.5 Å². The van der Waals surface area contributed by atoms with Gasteiger partial charge in [-0.25, -0.2) is 19.0 Å². The highest BCUT2D eigenvalue weighted by molar-refractivity contribution is 7.13. The first-order valence-electron chi connectivity index (χ1n) is 15.8. The molecule has 1 saturated heterocycles. The molecule has 0 saturated carbocycles. The maximum atomic E-state index is 15.3. The summed E-state index contributed by atoms with van der Waals surface area (Å²) in [4.78, 5) is 32.9. The van der Waals surface area contributed by atoms with Crippen molar-refractivity contribution < 1.29 is 37.9 Å². The van der Waals surface area contributed by atoms with Crippen LogP contribution < -0.4 is 19.8 Å². The van der Waals surface area contributed by atoms with Crippen molar-refractivity contribution >= 4 is 46.5 Å². The number of carbonyl (C=O) groups is 2. The first-order chi connectivity index (χ1) is 23.6. The van der Waals surface area contributed by atoms with Gasteiger partial charge in [0.25, 0.3) is 0 Å². The number of likely N-dealkylation sites (tertiary alicyclic amines) is 1. The molecule has 4 aromatic rings. The number of halogens is 3. The third-order valence-corrected chi connectivity index (χ3v) is 10.2. The second-order valence-electron chi connectivity index (χ2n) is 11.9. The highest BCUT2D eigenvalue weighted by atomic mass is 35.5. The van der Waals surface area contributed by atoms with Crippen LogP contribution in [0.5, 0.6) is 11.5 Å². The fraction of sp³-hybridized carbons (Fsp3) is 0.361. The summed E-state index contributed by atoms with van der Waals surface area (Å²) in [7, 11) is 5.02. The number of thiophene rings is 1. The molecule has 49 heavy (non-hydrogen) atoms. The van der Waals surface area contributed by atoms with Crippen molar-refractivity contribution in [1.82, 2.24) is 10.2 Å². The number of ether oxygens (including phenoxy) is 4. The molecule has 260 valence electrons. The summed E-state index contributed by atoms with van der Waals surface area (Å²) >= 11 is 14.2. The van der Waals surface area contributed by atoms with Crippen molar-refractivity contribution in [1.29, 1.82) is 0 Å². The second-order valence-corrected chi connectivity index (χ2v) is 13.9. The van der Waals surface area contributed by atoms with E-state index >= 15 is 4.39 Å². The lowest BCUT2D eigenvalue weighted by Gasteiger charge is -2.34. The molecule has 9 nitrogen and oxygen atoms in total. The van der Waals surface area contributed by atoms with Crippen molar-refractivity contribution in [3.05, 3.63) is 110 Å². The van der Waals surface area contributed by atoms with E-state index in [-0.39, 0.29) is 19.6 Å². The van der Waals surface area contributed by atoms with Gasteiger partial charge in [-0.1, -0.05) is 59.6 Å². The SMILES string of the molecule is COc1ccc([C@H](Cc2c(Cl)c[nH+]cc2Cl)OC(=O)c2ccc(CNC(C(=O)OCC3(F)CCN(C)CC3)c3ccccc3)s2)cc1OC. The fourth-order valence-corrected chi connectivity index (χ4v) is 6.91. The number of piperidine rings is 1. The predicted molar refractivity (Wildman–Crippen MR) is 186 cm³/mol. The van der Waals surface area contributed by atoms with Crippen molar-refractivity contribution in [3.63, 3.8) is 0 Å². The zero-order chi connectivity index (χ0) is 35.0. The van der Waals surface area contributed by atoms with E-state index in [0.717, 1.165) is 4.88 Å². The number of nitrogens with one attached hydrogen (secondary N) is 2. The number of esters is 2. The molecule has 2 aromatic heterocycles. The Kier molecular flexibility index (Phi) is 12.5. The summed E-state index contributed by atoms with van der Waals surface area (Å²) in [6, 6.07) is 17.0. The maximum absolute atomic E-state index is 15.3. The molecular formula is C36H39Cl2FN3O6S+. The number of pyridine rings is 1. The van der Waals surface area contributed by atoms with Gasteiger partial charge in [0.2, 0.25) is 0 Å². The van der Waals surface area contributed by atoms with E-state index in [1.807, 2.05) is 37.4 Å². The van der Waals surface area contributed by atoms with Crippen molar-refractivity contribution in [2.45, 2.75) is 43.6 Å². The Hall–Kier alpha value is -3.74. The Morgan fingerprint density at radius 1 is 0.980 bits per heavy atom. The van der Waals surface area contributed by atoms with Crippen LogP contribution >= 0.6 is 34.5 Å². The minimum Gasteiger partial charge on any atom is -0.493 e. The van der Waals surface area contributed by atoms with Gasteiger partial charge in [-0.2, -0.15) is 0 Å². The zero-order valence-electron chi connectivity index (χ0n) is 27.5. The van der Waals surface area contributed by atoms with E-state index in [1.54, 1.807) is 49.8 Å². The molecule has 0 amide bonds. The Balaban J connectivity index is 1.29. The lowest BCUT2D eigenvalue weighted by atomic mass is 9.94. The quantitative estimate of drug-likeness (QED) is 0.141. The monoisotopic (exact) mass is 730 g/mol. The topological polar surface area (TPSA) is 100 Å². The molecule has 2 aromatic carbocycles. The number of H-pyrrole nitrogens is 1. The van der Waals surface area contributed by atoms with Crippen LogP contribution in [0.15, 0.2) is 73.1 Å². The summed E-state index contributed by atoms with van der Waals surface area (Å²) in [5.41, 5.74) is 0.410. The molecule has 1 fully saturated rings. The fourth-order valence-electron chi connectivity index (χ4n) is 5.54. The van der Waals surface area contributed by atoms with Crippen LogP contribution in [0.4, 0.5) is 4.39 Å². The van der Waals surface area contributed by atoms with Gasteiger partial charge in [0, 0.05) is 36.5 Å². The van der Waals surface area contributed by atoms with Gasteiger partial charge >= 0.3 is 11.9 Å². The Morgan fingerprint density at radius 3 is 2.35 bits per heavy atom. The molecule has 0 radical (unpaired) electrons. The van der Waals surface area contributed by atoms with Crippen LogP contribution in [0.25, 0.3) is 0 Å². The molecule has 5 rings (SSSR count). The van der Waals surface area contributed by atoms with E-state index in [2.05, 4.69) is 15.2 Å². The standard InChI is InChI=1S/C36H38Cl2FN3O6S/c1-42-15-13-36(39,14-16-42)22-47-35(44)33(23-7-5-4-6-8-23)41-19-25-10-12-32(49-25)34(43)48-30(18-26-27(37)20-40-21-28(26)38)24-9-11-29(45-2)31(17-24)46-3/h4-12,17,20-21,30,33,41H,13-16,18-19,22H2,1-3H3/p+1/t30-,33?/m0/s1. The molecule has 13 heteroatoms. The van der Waals surface area contributed by atoms with Gasteiger partial charge in [0.15, 0.2) is 23.9 Å². The van der Waals surface area contributed by atoms with Gasteiger partial charge < -0.3 is 23.8 Å². The lowest BCUT2D eigenvalue weighted by molar-refractivity contribution is -0.377. The molecule has 3 heterocycles. The van der Waals surface area contributed by atoms with Gasteiger partial charge in [-0.05, 0) is 55.3 Å². The predicted octanol–water partition coefficient (Wildman–Crippen LogP) is 6.84. The minimum atomic E-state index is -1.54. The Morgan fingerprint density at radius 2 is 1.67 bits per heavy atom. The molecule has 2 atom stereocenters. The summed E-state index contributed by atoms with van der Waals surface area (Å²) in [6.45, 7) is 1.18. The Labute approximate surface area is 299 Å². The van der Waals surface area contributed by atoms with E-state index in [1.165, 1.54) is 18.4 Å². The smallest absolute Gasteiger partial charge is 0.348 e. The van der Waals surface area contributed by atoms with E-state index in [4.69, 9.17) is 42.1 Å². The zero-order valence-corrected chi connectivity index (χ0v) is 29.8.